The maximum absolute atomic E-state index is 12.0. The number of aryl methyl sites for hydroxylation is 1. The van der Waals surface area contributed by atoms with E-state index in [9.17, 15) is 4.79 Å². The zero-order valence-electron chi connectivity index (χ0n) is 11.0. The predicted octanol–water partition coefficient (Wildman–Crippen LogP) is -0.0471. The van der Waals surface area contributed by atoms with Crippen LogP contribution in [-0.4, -0.2) is 37.7 Å². The van der Waals surface area contributed by atoms with Crippen molar-refractivity contribution in [3.05, 3.63) is 29.6 Å². The molecule has 20 heavy (non-hydrogen) atoms. The highest BCUT2D eigenvalue weighted by Crippen LogP contribution is 2.13. The number of methoxy groups -OCH3 is 1. The first-order valence-electron chi connectivity index (χ1n) is 6.33. The van der Waals surface area contributed by atoms with Gasteiger partial charge in [0.25, 0.3) is 5.91 Å². The minimum Gasteiger partial charge on any atom is -0.467 e. The lowest BCUT2D eigenvalue weighted by Crippen LogP contribution is -2.25. The van der Waals surface area contributed by atoms with Crippen LogP contribution in [0.5, 0.6) is 6.01 Å². The summed E-state index contributed by atoms with van der Waals surface area (Å²) in [6, 6.07) is 0.233. The van der Waals surface area contributed by atoms with Gasteiger partial charge in [0.2, 0.25) is 0 Å². The Morgan fingerprint density at radius 2 is 2.20 bits per heavy atom. The fourth-order valence-electron chi connectivity index (χ4n) is 2.14. The maximum Gasteiger partial charge on any atom is 0.316 e. The van der Waals surface area contributed by atoms with Gasteiger partial charge >= 0.3 is 6.01 Å². The van der Waals surface area contributed by atoms with E-state index in [1.807, 2.05) is 4.57 Å². The topological polar surface area (TPSA) is 94.8 Å². The molecule has 0 bridgehead atoms. The molecule has 8 heteroatoms. The minimum absolute atomic E-state index is 0.233. The number of amides is 1. The average molecular weight is 274 g/mol. The van der Waals surface area contributed by atoms with Crippen molar-refractivity contribution in [1.29, 1.82) is 0 Å². The molecule has 0 radical (unpaired) electrons. The van der Waals surface area contributed by atoms with E-state index in [1.54, 1.807) is 0 Å². The third kappa shape index (κ3) is 2.31. The number of nitrogens with one attached hydrogen (secondary N) is 1. The van der Waals surface area contributed by atoms with Crippen LogP contribution in [0.25, 0.3) is 0 Å². The quantitative estimate of drug-likeness (QED) is 0.840. The second-order valence-corrected chi connectivity index (χ2v) is 4.43. The molecule has 0 fully saturated rings. The van der Waals surface area contributed by atoms with E-state index in [-0.39, 0.29) is 11.9 Å². The molecule has 0 aromatic carbocycles. The van der Waals surface area contributed by atoms with Gasteiger partial charge in [0.05, 0.1) is 19.2 Å². The van der Waals surface area contributed by atoms with Gasteiger partial charge in [-0.25, -0.2) is 9.97 Å². The van der Waals surface area contributed by atoms with Crippen LogP contribution in [0.3, 0.4) is 0 Å². The smallest absolute Gasteiger partial charge is 0.316 e. The summed E-state index contributed by atoms with van der Waals surface area (Å²) in [4.78, 5) is 19.7. The Hall–Kier alpha value is -2.51. The van der Waals surface area contributed by atoms with Crippen LogP contribution in [0.2, 0.25) is 0 Å². The molecule has 0 spiro atoms. The van der Waals surface area contributed by atoms with Gasteiger partial charge in [0.1, 0.15) is 5.82 Å². The summed E-state index contributed by atoms with van der Waals surface area (Å²) < 4.78 is 6.89. The Morgan fingerprint density at radius 1 is 1.40 bits per heavy atom. The van der Waals surface area contributed by atoms with E-state index >= 15 is 0 Å². The minimum atomic E-state index is -0.247. The van der Waals surface area contributed by atoms with Crippen molar-refractivity contribution < 1.29 is 9.53 Å². The number of carbonyl (C=O) groups is 1. The Morgan fingerprint density at radius 3 is 2.95 bits per heavy atom. The molecule has 2 aromatic rings. The van der Waals surface area contributed by atoms with Crippen LogP contribution in [0.4, 0.5) is 0 Å². The van der Waals surface area contributed by atoms with Crippen molar-refractivity contribution in [1.82, 2.24) is 30.0 Å². The van der Waals surface area contributed by atoms with Gasteiger partial charge in [-0.3, -0.25) is 4.79 Å². The monoisotopic (exact) mass is 274 g/mol. The van der Waals surface area contributed by atoms with E-state index in [0.29, 0.717) is 12.1 Å². The number of fused-ring (bicyclic) bond motifs is 1. The van der Waals surface area contributed by atoms with Crippen molar-refractivity contribution in [2.24, 2.45) is 0 Å². The number of rotatable bonds is 4. The molecule has 3 heterocycles. The highest BCUT2D eigenvalue weighted by molar-refractivity contribution is 5.93. The average Bonchev–Trinajstić information content (AvgIpc) is 3.08. The molecule has 8 nitrogen and oxygen atoms in total. The van der Waals surface area contributed by atoms with Crippen LogP contribution in [0.15, 0.2) is 12.4 Å². The molecule has 2 aromatic heterocycles. The normalized spacial score (nSPS) is 13.1. The molecular weight excluding hydrogens is 260 g/mol. The molecule has 0 atom stereocenters. The Labute approximate surface area is 115 Å². The first kappa shape index (κ1) is 12.5. The number of hydrogen-bond donors (Lipinski definition) is 1. The predicted molar refractivity (Wildman–Crippen MR) is 68.1 cm³/mol. The van der Waals surface area contributed by atoms with Gasteiger partial charge < -0.3 is 14.6 Å². The molecule has 3 rings (SSSR count). The summed E-state index contributed by atoms with van der Waals surface area (Å²) in [6.07, 6.45) is 4.89. The largest absolute Gasteiger partial charge is 0.467 e. The Balaban J connectivity index is 1.63. The molecule has 104 valence electrons. The number of hydrogen-bond acceptors (Lipinski definition) is 6. The summed E-state index contributed by atoms with van der Waals surface area (Å²) in [7, 11) is 1.47. The van der Waals surface area contributed by atoms with Gasteiger partial charge in [-0.15, -0.1) is 10.2 Å². The van der Waals surface area contributed by atoms with E-state index < -0.39 is 0 Å². The lowest BCUT2D eigenvalue weighted by atomic mass is 10.3. The van der Waals surface area contributed by atoms with Gasteiger partial charge in [-0.05, 0) is 6.42 Å². The molecular formula is C12H14N6O2. The number of carbonyl (C=O) groups excluding carboxylic acids is 1. The highest BCUT2D eigenvalue weighted by atomic mass is 16.5. The van der Waals surface area contributed by atoms with Crippen LogP contribution in [0, 0.1) is 0 Å². The first-order chi connectivity index (χ1) is 9.78. The molecule has 0 aliphatic carbocycles. The van der Waals surface area contributed by atoms with Gasteiger partial charge in [0, 0.05) is 25.4 Å². The maximum atomic E-state index is 12.0. The third-order valence-electron chi connectivity index (χ3n) is 3.17. The summed E-state index contributed by atoms with van der Waals surface area (Å²) in [5.74, 6) is 1.52. The van der Waals surface area contributed by atoms with E-state index in [1.165, 1.54) is 19.5 Å². The SMILES string of the molecule is COc1ncc(C(=O)NCc2nnc3n2CCC3)cn1. The fourth-order valence-corrected chi connectivity index (χ4v) is 2.14. The van der Waals surface area contributed by atoms with Crippen molar-refractivity contribution in [3.63, 3.8) is 0 Å². The first-order valence-corrected chi connectivity index (χ1v) is 6.33. The lowest BCUT2D eigenvalue weighted by molar-refractivity contribution is 0.0948. The zero-order valence-corrected chi connectivity index (χ0v) is 11.0. The van der Waals surface area contributed by atoms with Crippen molar-refractivity contribution in [2.75, 3.05) is 7.11 Å². The molecule has 0 saturated heterocycles. The molecule has 1 aliphatic heterocycles. The van der Waals surface area contributed by atoms with E-state index in [0.717, 1.165) is 31.0 Å². The van der Waals surface area contributed by atoms with E-state index in [2.05, 4.69) is 25.5 Å². The van der Waals surface area contributed by atoms with Crippen LogP contribution in [-0.2, 0) is 19.5 Å². The molecule has 1 N–H and O–H groups in total. The van der Waals surface area contributed by atoms with Crippen LogP contribution >= 0.6 is 0 Å². The van der Waals surface area contributed by atoms with Crippen LogP contribution in [0.1, 0.15) is 28.4 Å². The molecule has 0 unspecified atom stereocenters. The second kappa shape index (κ2) is 5.24. The molecule has 1 amide bonds. The summed E-state index contributed by atoms with van der Waals surface area (Å²) in [5, 5.41) is 11.0. The summed E-state index contributed by atoms with van der Waals surface area (Å²) in [6.45, 7) is 1.26. The molecule has 1 aliphatic rings. The van der Waals surface area contributed by atoms with E-state index in [4.69, 9.17) is 4.74 Å². The zero-order chi connectivity index (χ0) is 13.9. The van der Waals surface area contributed by atoms with Crippen molar-refractivity contribution in [2.45, 2.75) is 25.9 Å². The lowest BCUT2D eigenvalue weighted by Gasteiger charge is -2.05. The number of nitrogens with zero attached hydrogens (tertiary/aromatic N) is 5. The number of aromatic nitrogens is 5. The standard InChI is InChI=1S/C12H14N6O2/c1-20-12-14-5-8(6-15-12)11(19)13-7-10-17-16-9-3-2-4-18(9)10/h5-6H,2-4,7H2,1H3,(H,13,19). The van der Waals surface area contributed by atoms with Gasteiger partial charge in [-0.1, -0.05) is 0 Å². The fraction of sp³-hybridized carbons (Fsp3) is 0.417. The third-order valence-corrected chi connectivity index (χ3v) is 3.17. The summed E-state index contributed by atoms with van der Waals surface area (Å²) >= 11 is 0. The second-order valence-electron chi connectivity index (χ2n) is 4.43. The van der Waals surface area contributed by atoms with Gasteiger partial charge in [-0.2, -0.15) is 0 Å². The Kier molecular flexibility index (Phi) is 3.28. The molecule has 0 saturated carbocycles. The summed E-state index contributed by atoms with van der Waals surface area (Å²) in [5.41, 5.74) is 0.381. The highest BCUT2D eigenvalue weighted by Gasteiger charge is 2.17. The number of ether oxygens (including phenoxy) is 1. The van der Waals surface area contributed by atoms with Crippen LogP contribution < -0.4 is 10.1 Å². The van der Waals surface area contributed by atoms with Gasteiger partial charge in [0.15, 0.2) is 5.82 Å². The van der Waals surface area contributed by atoms with Crippen molar-refractivity contribution >= 4 is 5.91 Å². The Bertz CT molecular complexity index is 621. The van der Waals surface area contributed by atoms with Crippen molar-refractivity contribution in [3.8, 4) is 6.01 Å².